The van der Waals surface area contributed by atoms with Crippen LogP contribution in [0.2, 0.25) is 0 Å². The first-order valence-electron chi connectivity index (χ1n) is 9.39. The third-order valence-corrected chi connectivity index (χ3v) is 5.11. The number of hydrogen-bond donors (Lipinski definition) is 0. The lowest BCUT2D eigenvalue weighted by molar-refractivity contribution is 0.0525. The van der Waals surface area contributed by atoms with E-state index in [-0.39, 0.29) is 23.1 Å². The zero-order chi connectivity index (χ0) is 20.2. The fraction of sp³-hybridized carbons (Fsp3) is 0.435. The fourth-order valence-electron chi connectivity index (χ4n) is 3.54. The zero-order valence-electron chi connectivity index (χ0n) is 16.8. The van der Waals surface area contributed by atoms with Gasteiger partial charge in [0.05, 0.1) is 12.2 Å². The van der Waals surface area contributed by atoms with Gasteiger partial charge in [0, 0.05) is 5.56 Å². The number of esters is 1. The molecule has 0 saturated carbocycles. The minimum Gasteiger partial charge on any atom is -0.462 e. The van der Waals surface area contributed by atoms with E-state index in [9.17, 15) is 13.6 Å². The van der Waals surface area contributed by atoms with Crippen LogP contribution in [0, 0.1) is 11.2 Å². The number of ether oxygens (including phenoxy) is 1. The van der Waals surface area contributed by atoms with Crippen molar-refractivity contribution in [2.75, 3.05) is 6.61 Å². The van der Waals surface area contributed by atoms with Crippen molar-refractivity contribution in [1.29, 1.82) is 0 Å². The molecule has 1 aromatic rings. The molecule has 2 rings (SSSR count). The standard InChI is InChI=1S/C23H28F2O2/c1-6-27-22(26)17-10-11-18(20(24)14-17)21(25)16(3)9-12-19-15(2)8-7-13-23(19,4)5/h9-12,14H,6-8,13H2,1-5H3/b12-9+,21-16-. The van der Waals surface area contributed by atoms with E-state index >= 15 is 0 Å². The summed E-state index contributed by atoms with van der Waals surface area (Å²) < 4.78 is 33.9. The second kappa shape index (κ2) is 8.64. The molecule has 0 spiro atoms. The Morgan fingerprint density at radius 1 is 1.33 bits per heavy atom. The summed E-state index contributed by atoms with van der Waals surface area (Å²) in [5.74, 6) is -2.03. The highest BCUT2D eigenvalue weighted by Gasteiger charge is 2.26. The molecule has 2 nitrogen and oxygen atoms in total. The van der Waals surface area contributed by atoms with Crippen LogP contribution in [0.15, 0.2) is 47.1 Å². The molecule has 0 unspecified atom stereocenters. The normalized spacial score (nSPS) is 17.9. The van der Waals surface area contributed by atoms with Gasteiger partial charge in [0.1, 0.15) is 11.6 Å². The number of rotatable bonds is 5. The van der Waals surface area contributed by atoms with Crippen LogP contribution in [0.25, 0.3) is 5.83 Å². The van der Waals surface area contributed by atoms with Gasteiger partial charge in [-0.05, 0) is 74.8 Å². The largest absolute Gasteiger partial charge is 0.462 e. The second-order valence-electron chi connectivity index (χ2n) is 7.68. The van der Waals surface area contributed by atoms with Crippen molar-refractivity contribution in [3.63, 3.8) is 0 Å². The van der Waals surface area contributed by atoms with E-state index in [2.05, 4.69) is 20.8 Å². The van der Waals surface area contributed by atoms with Crippen molar-refractivity contribution in [2.45, 2.75) is 53.9 Å². The first-order chi connectivity index (χ1) is 12.7. The van der Waals surface area contributed by atoms with Gasteiger partial charge in [0.25, 0.3) is 0 Å². The van der Waals surface area contributed by atoms with Crippen LogP contribution in [0.1, 0.15) is 69.8 Å². The zero-order valence-corrected chi connectivity index (χ0v) is 16.8. The highest BCUT2D eigenvalue weighted by Crippen LogP contribution is 2.41. The second-order valence-corrected chi connectivity index (χ2v) is 7.68. The smallest absolute Gasteiger partial charge is 0.338 e. The maximum Gasteiger partial charge on any atom is 0.338 e. The van der Waals surface area contributed by atoms with E-state index in [0.29, 0.717) is 5.57 Å². The van der Waals surface area contributed by atoms with Gasteiger partial charge in [-0.1, -0.05) is 31.6 Å². The van der Waals surface area contributed by atoms with Crippen molar-refractivity contribution in [3.8, 4) is 0 Å². The molecule has 0 bridgehead atoms. The van der Waals surface area contributed by atoms with Gasteiger partial charge in [-0.15, -0.1) is 0 Å². The summed E-state index contributed by atoms with van der Waals surface area (Å²) in [6, 6.07) is 3.67. The SMILES string of the molecule is CCOC(=O)c1ccc(/C(F)=C(C)/C=C/C2=C(C)CCCC2(C)C)c(F)c1. The van der Waals surface area contributed by atoms with E-state index in [4.69, 9.17) is 4.74 Å². The quantitative estimate of drug-likeness (QED) is 0.419. The fourth-order valence-corrected chi connectivity index (χ4v) is 3.54. The molecule has 0 radical (unpaired) electrons. The molecule has 0 aliphatic heterocycles. The minimum absolute atomic E-state index is 0.0577. The molecule has 146 valence electrons. The first-order valence-corrected chi connectivity index (χ1v) is 9.39. The molecule has 0 heterocycles. The predicted octanol–water partition coefficient (Wildman–Crippen LogP) is 6.79. The van der Waals surface area contributed by atoms with Crippen LogP contribution in [0.4, 0.5) is 8.78 Å². The van der Waals surface area contributed by atoms with Gasteiger partial charge in [-0.2, -0.15) is 0 Å². The molecule has 0 aromatic heterocycles. The third kappa shape index (κ3) is 4.94. The lowest BCUT2D eigenvalue weighted by atomic mass is 9.72. The summed E-state index contributed by atoms with van der Waals surface area (Å²) in [4.78, 5) is 11.7. The number of allylic oxidation sites excluding steroid dienone is 5. The van der Waals surface area contributed by atoms with Crippen molar-refractivity contribution in [1.82, 2.24) is 0 Å². The van der Waals surface area contributed by atoms with Crippen molar-refractivity contribution < 1.29 is 18.3 Å². The van der Waals surface area contributed by atoms with Crippen molar-refractivity contribution in [3.05, 3.63) is 64.0 Å². The Hall–Kier alpha value is -2.23. The Morgan fingerprint density at radius 2 is 2.04 bits per heavy atom. The van der Waals surface area contributed by atoms with Crippen LogP contribution in [-0.4, -0.2) is 12.6 Å². The molecule has 0 amide bonds. The molecule has 4 heteroatoms. The van der Waals surface area contributed by atoms with Crippen LogP contribution in [-0.2, 0) is 4.74 Å². The molecule has 1 aliphatic carbocycles. The summed E-state index contributed by atoms with van der Waals surface area (Å²) in [5.41, 5.74) is 2.86. The summed E-state index contributed by atoms with van der Waals surface area (Å²) >= 11 is 0. The summed E-state index contributed by atoms with van der Waals surface area (Å²) in [6.45, 7) is 9.99. The van der Waals surface area contributed by atoms with Crippen LogP contribution >= 0.6 is 0 Å². The van der Waals surface area contributed by atoms with E-state index in [0.717, 1.165) is 25.3 Å². The van der Waals surface area contributed by atoms with E-state index in [1.807, 2.05) is 6.08 Å². The van der Waals surface area contributed by atoms with Crippen LogP contribution in [0.5, 0.6) is 0 Å². The lowest BCUT2D eigenvalue weighted by Crippen LogP contribution is -2.19. The lowest BCUT2D eigenvalue weighted by Gasteiger charge is -2.33. The molecule has 27 heavy (non-hydrogen) atoms. The Balaban J connectivity index is 2.31. The maximum atomic E-state index is 14.8. The van der Waals surface area contributed by atoms with Gasteiger partial charge < -0.3 is 4.74 Å². The molecular formula is C23H28F2O2. The first kappa shape index (κ1) is 21.1. The Labute approximate surface area is 160 Å². The average molecular weight is 374 g/mol. The maximum absolute atomic E-state index is 14.8. The monoisotopic (exact) mass is 374 g/mol. The van der Waals surface area contributed by atoms with Gasteiger partial charge in [-0.25, -0.2) is 13.6 Å². The molecule has 0 fully saturated rings. The summed E-state index contributed by atoms with van der Waals surface area (Å²) in [6.07, 6.45) is 6.98. The van der Waals surface area contributed by atoms with Gasteiger partial charge in [0.15, 0.2) is 0 Å². The summed E-state index contributed by atoms with van der Waals surface area (Å²) in [5, 5.41) is 0. The average Bonchev–Trinajstić information content (AvgIpc) is 2.60. The molecule has 0 N–H and O–H groups in total. The van der Waals surface area contributed by atoms with Gasteiger partial charge in [-0.3, -0.25) is 0 Å². The highest BCUT2D eigenvalue weighted by atomic mass is 19.1. The predicted molar refractivity (Wildman–Crippen MR) is 106 cm³/mol. The number of carbonyl (C=O) groups is 1. The molecular weight excluding hydrogens is 346 g/mol. The van der Waals surface area contributed by atoms with E-state index < -0.39 is 17.6 Å². The van der Waals surface area contributed by atoms with Crippen molar-refractivity contribution >= 4 is 11.8 Å². The number of benzene rings is 1. The molecule has 0 atom stereocenters. The van der Waals surface area contributed by atoms with Crippen molar-refractivity contribution in [2.24, 2.45) is 5.41 Å². The third-order valence-electron chi connectivity index (χ3n) is 5.11. The van der Waals surface area contributed by atoms with E-state index in [1.54, 1.807) is 19.9 Å². The topological polar surface area (TPSA) is 26.3 Å². The van der Waals surface area contributed by atoms with Gasteiger partial charge in [0.2, 0.25) is 0 Å². The highest BCUT2D eigenvalue weighted by molar-refractivity contribution is 5.89. The minimum atomic E-state index is -0.779. The Kier molecular flexibility index (Phi) is 6.74. The molecule has 1 aliphatic rings. The van der Waals surface area contributed by atoms with Crippen LogP contribution in [0.3, 0.4) is 0 Å². The van der Waals surface area contributed by atoms with Crippen LogP contribution < -0.4 is 0 Å². The van der Waals surface area contributed by atoms with Gasteiger partial charge >= 0.3 is 5.97 Å². The molecule has 1 aromatic carbocycles. The number of carbonyl (C=O) groups excluding carboxylic acids is 1. The number of halogens is 2. The summed E-state index contributed by atoms with van der Waals surface area (Å²) in [7, 11) is 0. The molecule has 0 saturated heterocycles. The number of hydrogen-bond acceptors (Lipinski definition) is 2. The Bertz CT molecular complexity index is 814. The Morgan fingerprint density at radius 3 is 2.63 bits per heavy atom. The van der Waals surface area contributed by atoms with E-state index in [1.165, 1.54) is 23.3 Å².